The van der Waals surface area contributed by atoms with Crippen molar-refractivity contribution in [3.63, 3.8) is 0 Å². The van der Waals surface area contributed by atoms with Gasteiger partial charge in [-0.15, -0.1) is 10.2 Å². The molecule has 0 bridgehead atoms. The predicted molar refractivity (Wildman–Crippen MR) is 82.3 cm³/mol. The summed E-state index contributed by atoms with van der Waals surface area (Å²) in [6.45, 7) is 9.05. The van der Waals surface area contributed by atoms with Gasteiger partial charge in [0.25, 0.3) is 0 Å². The summed E-state index contributed by atoms with van der Waals surface area (Å²) in [5, 5.41) is 8.12. The number of nitrogens with zero attached hydrogens (tertiary/aromatic N) is 4. The Morgan fingerprint density at radius 1 is 1.10 bits per heavy atom. The van der Waals surface area contributed by atoms with Crippen LogP contribution >= 0.6 is 0 Å². The van der Waals surface area contributed by atoms with Gasteiger partial charge in [0, 0.05) is 38.3 Å². The summed E-state index contributed by atoms with van der Waals surface area (Å²) in [4.78, 5) is 4.81. The zero-order valence-corrected chi connectivity index (χ0v) is 12.7. The maximum absolute atomic E-state index is 5.59. The minimum Gasteiger partial charge on any atom is -0.424 e. The van der Waals surface area contributed by atoms with Gasteiger partial charge in [0.1, 0.15) is 0 Å². The number of anilines is 1. The van der Waals surface area contributed by atoms with Gasteiger partial charge in [-0.1, -0.05) is 19.1 Å². The Bertz CT molecular complexity index is 587. The predicted octanol–water partition coefficient (Wildman–Crippen LogP) is 2.26. The van der Waals surface area contributed by atoms with Crippen molar-refractivity contribution in [1.29, 1.82) is 0 Å². The first-order valence-electron chi connectivity index (χ1n) is 7.60. The van der Waals surface area contributed by atoms with Gasteiger partial charge >= 0.3 is 0 Å². The SMILES string of the molecule is CCc1nnc(CN2CCN(c3cccc(C)c3)CC2)o1. The Hall–Kier alpha value is -1.88. The van der Waals surface area contributed by atoms with E-state index >= 15 is 0 Å². The maximum atomic E-state index is 5.59. The standard InChI is InChI=1S/C16H22N4O/c1-3-15-17-18-16(21-15)12-19-7-9-20(10-8-19)14-6-4-5-13(2)11-14/h4-6,11H,3,7-10,12H2,1-2H3. The molecule has 1 aromatic heterocycles. The number of rotatable bonds is 4. The highest BCUT2D eigenvalue weighted by molar-refractivity contribution is 5.48. The summed E-state index contributed by atoms with van der Waals surface area (Å²) in [6.07, 6.45) is 0.800. The molecule has 1 aromatic carbocycles. The first kappa shape index (κ1) is 14.1. The van der Waals surface area contributed by atoms with Gasteiger partial charge in [-0.25, -0.2) is 0 Å². The van der Waals surface area contributed by atoms with Crippen LogP contribution in [0.2, 0.25) is 0 Å². The first-order chi connectivity index (χ1) is 10.2. The summed E-state index contributed by atoms with van der Waals surface area (Å²) in [5.41, 5.74) is 2.63. The number of hydrogen-bond acceptors (Lipinski definition) is 5. The van der Waals surface area contributed by atoms with E-state index in [-0.39, 0.29) is 0 Å². The molecule has 0 unspecified atom stereocenters. The molecule has 5 nitrogen and oxygen atoms in total. The normalized spacial score (nSPS) is 16.4. The zero-order valence-electron chi connectivity index (χ0n) is 12.7. The van der Waals surface area contributed by atoms with Crippen molar-refractivity contribution in [2.24, 2.45) is 0 Å². The summed E-state index contributed by atoms with van der Waals surface area (Å²) in [7, 11) is 0. The fourth-order valence-corrected chi connectivity index (χ4v) is 2.68. The second-order valence-corrected chi connectivity index (χ2v) is 5.55. The van der Waals surface area contributed by atoms with E-state index < -0.39 is 0 Å². The fourth-order valence-electron chi connectivity index (χ4n) is 2.68. The van der Waals surface area contributed by atoms with Gasteiger partial charge in [0.2, 0.25) is 11.8 Å². The lowest BCUT2D eigenvalue weighted by molar-refractivity contribution is 0.224. The summed E-state index contributed by atoms with van der Waals surface area (Å²) < 4.78 is 5.59. The third-order valence-electron chi connectivity index (χ3n) is 3.91. The highest BCUT2D eigenvalue weighted by Gasteiger charge is 2.19. The minimum atomic E-state index is 0.725. The number of benzene rings is 1. The van der Waals surface area contributed by atoms with Crippen LogP contribution < -0.4 is 4.90 Å². The fraction of sp³-hybridized carbons (Fsp3) is 0.500. The molecule has 0 spiro atoms. The zero-order chi connectivity index (χ0) is 14.7. The second kappa shape index (κ2) is 6.26. The van der Waals surface area contributed by atoms with Crippen LogP contribution in [-0.4, -0.2) is 41.3 Å². The van der Waals surface area contributed by atoms with E-state index in [1.165, 1.54) is 11.3 Å². The van der Waals surface area contributed by atoms with Crippen molar-refractivity contribution in [2.75, 3.05) is 31.1 Å². The molecule has 0 amide bonds. The number of aromatic nitrogens is 2. The van der Waals surface area contributed by atoms with Crippen LogP contribution in [0.15, 0.2) is 28.7 Å². The molecular weight excluding hydrogens is 264 g/mol. The Morgan fingerprint density at radius 2 is 1.86 bits per heavy atom. The molecule has 2 aromatic rings. The molecule has 5 heteroatoms. The Labute approximate surface area is 125 Å². The number of hydrogen-bond donors (Lipinski definition) is 0. The van der Waals surface area contributed by atoms with Gasteiger partial charge < -0.3 is 9.32 Å². The van der Waals surface area contributed by atoms with Crippen molar-refractivity contribution in [3.8, 4) is 0 Å². The van der Waals surface area contributed by atoms with Crippen molar-refractivity contribution in [1.82, 2.24) is 15.1 Å². The van der Waals surface area contributed by atoms with Crippen LogP contribution in [-0.2, 0) is 13.0 Å². The van der Waals surface area contributed by atoms with Gasteiger partial charge in [-0.05, 0) is 24.6 Å². The average molecular weight is 286 g/mol. The van der Waals surface area contributed by atoms with E-state index in [9.17, 15) is 0 Å². The second-order valence-electron chi connectivity index (χ2n) is 5.55. The molecule has 0 saturated carbocycles. The molecule has 0 N–H and O–H groups in total. The lowest BCUT2D eigenvalue weighted by Gasteiger charge is -2.35. The Morgan fingerprint density at radius 3 is 2.52 bits per heavy atom. The van der Waals surface area contributed by atoms with Crippen LogP contribution in [0.25, 0.3) is 0 Å². The maximum Gasteiger partial charge on any atom is 0.230 e. The summed E-state index contributed by atoms with van der Waals surface area (Å²) in [5.74, 6) is 1.46. The minimum absolute atomic E-state index is 0.725. The van der Waals surface area contributed by atoms with Crippen LogP contribution in [0, 0.1) is 6.92 Å². The largest absolute Gasteiger partial charge is 0.424 e. The molecule has 0 aliphatic carbocycles. The average Bonchev–Trinajstić information content (AvgIpc) is 2.96. The first-order valence-corrected chi connectivity index (χ1v) is 7.60. The Balaban J connectivity index is 1.55. The van der Waals surface area contributed by atoms with Crippen molar-refractivity contribution < 1.29 is 4.42 Å². The van der Waals surface area contributed by atoms with E-state index in [0.29, 0.717) is 0 Å². The van der Waals surface area contributed by atoms with Crippen LogP contribution in [0.1, 0.15) is 24.3 Å². The number of piperazine rings is 1. The monoisotopic (exact) mass is 286 g/mol. The molecule has 1 saturated heterocycles. The topological polar surface area (TPSA) is 45.4 Å². The van der Waals surface area contributed by atoms with Gasteiger partial charge in [0.15, 0.2) is 0 Å². The Kier molecular flexibility index (Phi) is 4.20. The van der Waals surface area contributed by atoms with Crippen LogP contribution in [0.5, 0.6) is 0 Å². The van der Waals surface area contributed by atoms with E-state index in [0.717, 1.165) is 50.9 Å². The molecule has 3 rings (SSSR count). The van der Waals surface area contributed by atoms with Crippen molar-refractivity contribution >= 4 is 5.69 Å². The molecule has 0 atom stereocenters. The summed E-state index contributed by atoms with van der Waals surface area (Å²) >= 11 is 0. The van der Waals surface area contributed by atoms with E-state index in [2.05, 4.69) is 51.2 Å². The molecule has 0 radical (unpaired) electrons. The van der Waals surface area contributed by atoms with E-state index in [1.54, 1.807) is 0 Å². The van der Waals surface area contributed by atoms with Gasteiger partial charge in [-0.3, -0.25) is 4.90 Å². The highest BCUT2D eigenvalue weighted by atomic mass is 16.4. The third kappa shape index (κ3) is 3.42. The smallest absolute Gasteiger partial charge is 0.230 e. The molecule has 1 aliphatic rings. The third-order valence-corrected chi connectivity index (χ3v) is 3.91. The quantitative estimate of drug-likeness (QED) is 0.862. The molecule has 1 fully saturated rings. The lowest BCUT2D eigenvalue weighted by atomic mass is 10.2. The van der Waals surface area contributed by atoms with Crippen molar-refractivity contribution in [2.45, 2.75) is 26.8 Å². The molecule has 2 heterocycles. The van der Waals surface area contributed by atoms with Crippen molar-refractivity contribution in [3.05, 3.63) is 41.6 Å². The lowest BCUT2D eigenvalue weighted by Crippen LogP contribution is -2.46. The molecular formula is C16H22N4O. The summed E-state index contributed by atoms with van der Waals surface area (Å²) in [6, 6.07) is 8.71. The van der Waals surface area contributed by atoms with Crippen LogP contribution in [0.3, 0.4) is 0 Å². The van der Waals surface area contributed by atoms with E-state index in [4.69, 9.17) is 4.42 Å². The van der Waals surface area contributed by atoms with E-state index in [1.807, 2.05) is 6.92 Å². The highest BCUT2D eigenvalue weighted by Crippen LogP contribution is 2.18. The number of aryl methyl sites for hydroxylation is 2. The molecule has 112 valence electrons. The van der Waals surface area contributed by atoms with Crippen LogP contribution in [0.4, 0.5) is 5.69 Å². The molecule has 1 aliphatic heterocycles. The molecule has 21 heavy (non-hydrogen) atoms. The van der Waals surface area contributed by atoms with Gasteiger partial charge in [0.05, 0.1) is 6.54 Å². The van der Waals surface area contributed by atoms with Gasteiger partial charge in [-0.2, -0.15) is 0 Å².